The Bertz CT molecular complexity index is 1200. The van der Waals surface area contributed by atoms with E-state index in [1.807, 2.05) is 0 Å². The Morgan fingerprint density at radius 2 is 1.93 bits per heavy atom. The zero-order valence-electron chi connectivity index (χ0n) is 15.1. The van der Waals surface area contributed by atoms with Gasteiger partial charge in [-0.2, -0.15) is 0 Å². The fourth-order valence-corrected chi connectivity index (χ4v) is 6.07. The van der Waals surface area contributed by atoms with Crippen LogP contribution in [0, 0.1) is 27.9 Å². The molecule has 2 aliphatic rings. The number of sulfonamides is 1. The second-order valence-electron chi connectivity index (χ2n) is 7.98. The third-order valence-corrected chi connectivity index (χ3v) is 7.79. The van der Waals surface area contributed by atoms with E-state index in [0.717, 1.165) is 12.3 Å². The summed E-state index contributed by atoms with van der Waals surface area (Å²) in [4.78, 5) is 10.7. The van der Waals surface area contributed by atoms with Gasteiger partial charge in [-0.05, 0) is 61.3 Å². The molecule has 8 heteroatoms. The average Bonchev–Trinajstić information content (AvgIpc) is 3.38. The van der Waals surface area contributed by atoms with Gasteiger partial charge in [-0.3, -0.25) is 10.1 Å². The Labute approximate surface area is 161 Å². The average molecular weight is 400 g/mol. The maximum atomic E-state index is 12.8. The number of nitro groups is 1. The molecule has 146 valence electrons. The number of nitrogens with one attached hydrogen (secondary N) is 1. The van der Waals surface area contributed by atoms with Crippen molar-refractivity contribution in [3.05, 3.63) is 46.5 Å². The second kappa shape index (κ2) is 6.28. The standard InChI is InChI=1S/C20H20N2O5S/c23-22(24)15-3-5-17-18-10-16(4-6-19(18)27-20(17)9-15)28(25,26)21-11-14-8-12-1-2-13(14)7-12/h3-6,9-10,12-14,21H,1-2,7-8,11H2. The highest BCUT2D eigenvalue weighted by Gasteiger charge is 2.39. The Kier molecular flexibility index (Phi) is 3.96. The van der Waals surface area contributed by atoms with E-state index in [1.54, 1.807) is 18.2 Å². The normalized spacial score (nSPS) is 24.4. The minimum absolute atomic E-state index is 0.0630. The van der Waals surface area contributed by atoms with Crippen LogP contribution in [0.15, 0.2) is 45.7 Å². The first-order chi connectivity index (χ1) is 13.4. The number of nitro benzene ring substituents is 1. The molecule has 3 unspecified atom stereocenters. The molecule has 28 heavy (non-hydrogen) atoms. The number of hydrogen-bond acceptors (Lipinski definition) is 5. The predicted octanol–water partition coefficient (Wildman–Crippen LogP) is 4.21. The van der Waals surface area contributed by atoms with E-state index in [9.17, 15) is 18.5 Å². The topological polar surface area (TPSA) is 102 Å². The number of benzene rings is 2. The van der Waals surface area contributed by atoms with Gasteiger partial charge in [-0.15, -0.1) is 0 Å². The summed E-state index contributed by atoms with van der Waals surface area (Å²) >= 11 is 0. The summed E-state index contributed by atoms with van der Waals surface area (Å²) in [6.07, 6.45) is 4.87. The highest BCUT2D eigenvalue weighted by atomic mass is 32.2. The van der Waals surface area contributed by atoms with Gasteiger partial charge in [0.1, 0.15) is 11.2 Å². The molecule has 0 aliphatic heterocycles. The lowest BCUT2D eigenvalue weighted by Crippen LogP contribution is -2.31. The lowest BCUT2D eigenvalue weighted by Gasteiger charge is -2.21. The summed E-state index contributed by atoms with van der Waals surface area (Å²) in [7, 11) is -3.62. The molecule has 2 aliphatic carbocycles. The molecule has 2 fully saturated rings. The van der Waals surface area contributed by atoms with Gasteiger partial charge in [0.25, 0.3) is 5.69 Å². The Hall–Kier alpha value is -2.45. The SMILES string of the molecule is O=[N+]([O-])c1ccc2c(c1)oc1ccc(S(=O)(=O)NCC3CC4CCC3C4)cc12. The summed E-state index contributed by atoms with van der Waals surface area (Å²) < 4.78 is 34.1. The summed E-state index contributed by atoms with van der Waals surface area (Å²) in [6.45, 7) is 0.486. The van der Waals surface area contributed by atoms with E-state index in [1.165, 1.54) is 37.5 Å². The minimum Gasteiger partial charge on any atom is -0.456 e. The third kappa shape index (κ3) is 2.87. The number of rotatable bonds is 5. The van der Waals surface area contributed by atoms with Crippen LogP contribution in [0.3, 0.4) is 0 Å². The van der Waals surface area contributed by atoms with Crippen LogP contribution >= 0.6 is 0 Å². The molecule has 2 aromatic carbocycles. The van der Waals surface area contributed by atoms with Gasteiger partial charge >= 0.3 is 0 Å². The molecule has 0 saturated heterocycles. The van der Waals surface area contributed by atoms with Gasteiger partial charge in [0.05, 0.1) is 15.9 Å². The smallest absolute Gasteiger partial charge is 0.273 e. The molecular weight excluding hydrogens is 380 g/mol. The molecule has 3 atom stereocenters. The fourth-order valence-electron chi connectivity index (χ4n) is 4.95. The van der Waals surface area contributed by atoms with Crippen LogP contribution in [0.25, 0.3) is 21.9 Å². The van der Waals surface area contributed by atoms with Crippen molar-refractivity contribution in [3.8, 4) is 0 Å². The maximum absolute atomic E-state index is 12.8. The van der Waals surface area contributed by atoms with Gasteiger partial charge in [-0.1, -0.05) is 6.42 Å². The van der Waals surface area contributed by atoms with E-state index >= 15 is 0 Å². The number of nitrogens with zero attached hydrogens (tertiary/aromatic N) is 1. The first kappa shape index (κ1) is 17.6. The third-order valence-electron chi connectivity index (χ3n) is 6.37. The van der Waals surface area contributed by atoms with Crippen molar-refractivity contribution < 1.29 is 17.8 Å². The van der Waals surface area contributed by atoms with Crippen LogP contribution in [0.2, 0.25) is 0 Å². The first-order valence-corrected chi connectivity index (χ1v) is 11.0. The molecule has 5 rings (SSSR count). The first-order valence-electron chi connectivity index (χ1n) is 9.51. The van der Waals surface area contributed by atoms with Crippen molar-refractivity contribution >= 4 is 37.6 Å². The van der Waals surface area contributed by atoms with E-state index in [-0.39, 0.29) is 10.6 Å². The van der Waals surface area contributed by atoms with Gasteiger partial charge < -0.3 is 4.42 Å². The molecule has 1 aromatic heterocycles. The number of non-ortho nitro benzene ring substituents is 1. The summed E-state index contributed by atoms with van der Waals surface area (Å²) in [6, 6.07) is 9.05. The minimum atomic E-state index is -3.62. The summed E-state index contributed by atoms with van der Waals surface area (Å²) in [5, 5.41) is 12.2. The van der Waals surface area contributed by atoms with E-state index in [2.05, 4.69) is 4.72 Å². The van der Waals surface area contributed by atoms with Crippen molar-refractivity contribution in [2.75, 3.05) is 6.54 Å². The van der Waals surface area contributed by atoms with E-state index in [0.29, 0.717) is 40.3 Å². The molecule has 0 radical (unpaired) electrons. The second-order valence-corrected chi connectivity index (χ2v) is 9.75. The van der Waals surface area contributed by atoms with E-state index < -0.39 is 14.9 Å². The van der Waals surface area contributed by atoms with Crippen molar-refractivity contribution in [2.24, 2.45) is 17.8 Å². The van der Waals surface area contributed by atoms with Crippen LogP contribution in [-0.2, 0) is 10.0 Å². The van der Waals surface area contributed by atoms with Gasteiger partial charge in [0.15, 0.2) is 0 Å². The number of hydrogen-bond donors (Lipinski definition) is 1. The van der Waals surface area contributed by atoms with E-state index in [4.69, 9.17) is 4.42 Å². The van der Waals surface area contributed by atoms with Crippen molar-refractivity contribution in [1.82, 2.24) is 4.72 Å². The molecule has 7 nitrogen and oxygen atoms in total. The van der Waals surface area contributed by atoms with Crippen molar-refractivity contribution in [2.45, 2.75) is 30.6 Å². The maximum Gasteiger partial charge on any atom is 0.273 e. The van der Waals surface area contributed by atoms with Crippen LogP contribution < -0.4 is 4.72 Å². The van der Waals surface area contributed by atoms with Crippen LogP contribution in [0.4, 0.5) is 5.69 Å². The monoisotopic (exact) mass is 400 g/mol. The molecule has 2 saturated carbocycles. The molecule has 1 N–H and O–H groups in total. The molecule has 1 heterocycles. The summed E-state index contributed by atoms with van der Waals surface area (Å²) in [5.41, 5.74) is 0.808. The highest BCUT2D eigenvalue weighted by Crippen LogP contribution is 2.48. The molecule has 0 amide bonds. The summed E-state index contributed by atoms with van der Waals surface area (Å²) in [5.74, 6) is 1.87. The van der Waals surface area contributed by atoms with Crippen LogP contribution in [-0.4, -0.2) is 19.9 Å². The zero-order valence-corrected chi connectivity index (χ0v) is 15.9. The highest BCUT2D eigenvalue weighted by molar-refractivity contribution is 7.89. The largest absolute Gasteiger partial charge is 0.456 e. The quantitative estimate of drug-likeness (QED) is 0.510. The molecule has 0 spiro atoms. The fraction of sp³-hybridized carbons (Fsp3) is 0.400. The van der Waals surface area contributed by atoms with Gasteiger partial charge in [0, 0.05) is 23.4 Å². The number of furan rings is 1. The molecule has 2 bridgehead atoms. The number of fused-ring (bicyclic) bond motifs is 5. The Balaban J connectivity index is 1.44. The molecular formula is C20H20N2O5S. The Morgan fingerprint density at radius 1 is 1.07 bits per heavy atom. The Morgan fingerprint density at radius 3 is 2.64 bits per heavy atom. The van der Waals surface area contributed by atoms with Crippen LogP contribution in [0.1, 0.15) is 25.7 Å². The molecule has 3 aromatic rings. The van der Waals surface area contributed by atoms with Crippen molar-refractivity contribution in [3.63, 3.8) is 0 Å². The van der Waals surface area contributed by atoms with Crippen molar-refractivity contribution in [1.29, 1.82) is 0 Å². The van der Waals surface area contributed by atoms with Gasteiger partial charge in [-0.25, -0.2) is 13.1 Å². The zero-order chi connectivity index (χ0) is 19.5. The predicted molar refractivity (Wildman–Crippen MR) is 105 cm³/mol. The lowest BCUT2D eigenvalue weighted by molar-refractivity contribution is -0.384. The van der Waals surface area contributed by atoms with Gasteiger partial charge in [0.2, 0.25) is 10.0 Å². The lowest BCUT2D eigenvalue weighted by atomic mass is 9.89. The van der Waals surface area contributed by atoms with Crippen LogP contribution in [0.5, 0.6) is 0 Å².